The van der Waals surface area contributed by atoms with Gasteiger partial charge >= 0.3 is 11.1 Å². The molecule has 2 aromatic carbocycles. The molecule has 1 aliphatic heterocycles. The van der Waals surface area contributed by atoms with Crippen LogP contribution in [0.25, 0.3) is 11.0 Å². The number of rotatable bonds is 7. The molecule has 32 heavy (non-hydrogen) atoms. The van der Waals surface area contributed by atoms with E-state index in [0.717, 1.165) is 18.5 Å². The summed E-state index contributed by atoms with van der Waals surface area (Å²) >= 11 is 0. The lowest BCUT2D eigenvalue weighted by molar-refractivity contribution is 0.0951. The average molecular weight is 435 g/mol. The molecule has 1 amide bonds. The van der Waals surface area contributed by atoms with Gasteiger partial charge in [-0.1, -0.05) is 30.7 Å². The number of carbonyl (C=O) groups is 1. The van der Waals surface area contributed by atoms with Crippen molar-refractivity contribution in [3.63, 3.8) is 0 Å². The molecule has 1 fully saturated rings. The van der Waals surface area contributed by atoms with Crippen LogP contribution in [0.2, 0.25) is 0 Å². The molecule has 168 valence electrons. The van der Waals surface area contributed by atoms with Crippen LogP contribution in [0, 0.1) is 0 Å². The highest BCUT2D eigenvalue weighted by Gasteiger charge is 2.12. The van der Waals surface area contributed by atoms with E-state index in [9.17, 15) is 14.4 Å². The minimum absolute atomic E-state index is 0.0913. The number of aryl methyl sites for hydroxylation is 1. The maximum atomic E-state index is 12.6. The van der Waals surface area contributed by atoms with Crippen LogP contribution in [0.5, 0.6) is 0 Å². The molecule has 0 bridgehead atoms. The zero-order valence-corrected chi connectivity index (χ0v) is 18.5. The van der Waals surface area contributed by atoms with Crippen molar-refractivity contribution >= 4 is 16.9 Å². The first-order valence-electron chi connectivity index (χ1n) is 11.3. The molecule has 3 aromatic rings. The number of aromatic nitrogens is 2. The highest BCUT2D eigenvalue weighted by atomic mass is 16.2. The minimum atomic E-state index is -0.554. The van der Waals surface area contributed by atoms with E-state index >= 15 is 0 Å². The van der Waals surface area contributed by atoms with Crippen molar-refractivity contribution in [2.75, 3.05) is 26.2 Å². The first kappa shape index (κ1) is 22.0. The zero-order chi connectivity index (χ0) is 22.5. The number of nitrogens with one attached hydrogen (secondary N) is 1. The SMILES string of the molecule is Cn1c(=O)c(=O)n(Cc2ccc(C(=O)NCCCN3CCCCC3)cc2)c2ccccc21. The highest BCUT2D eigenvalue weighted by Crippen LogP contribution is 2.13. The van der Waals surface area contributed by atoms with Crippen molar-refractivity contribution in [2.24, 2.45) is 7.05 Å². The van der Waals surface area contributed by atoms with Gasteiger partial charge in [0.25, 0.3) is 5.91 Å². The van der Waals surface area contributed by atoms with Gasteiger partial charge in [0.05, 0.1) is 17.6 Å². The summed E-state index contributed by atoms with van der Waals surface area (Å²) in [6.07, 6.45) is 4.83. The van der Waals surface area contributed by atoms with Crippen LogP contribution >= 0.6 is 0 Å². The number of fused-ring (bicyclic) bond motifs is 1. The minimum Gasteiger partial charge on any atom is -0.352 e. The molecule has 0 spiro atoms. The van der Waals surface area contributed by atoms with Crippen LogP contribution in [0.15, 0.2) is 58.1 Å². The molecule has 1 aliphatic rings. The van der Waals surface area contributed by atoms with Crippen LogP contribution in [-0.2, 0) is 13.6 Å². The summed E-state index contributed by atoms with van der Waals surface area (Å²) in [7, 11) is 1.61. The third-order valence-corrected chi connectivity index (χ3v) is 6.21. The standard InChI is InChI=1S/C25H30N4O3/c1-27-21-8-3-4-9-22(21)29(25(32)24(27)31)18-19-10-12-20(13-11-19)23(30)26-14-7-17-28-15-5-2-6-16-28/h3-4,8-13H,2,5-7,14-18H2,1H3,(H,26,30). The predicted molar refractivity (Wildman–Crippen MR) is 126 cm³/mol. The second-order valence-electron chi connectivity index (χ2n) is 8.45. The third-order valence-electron chi connectivity index (χ3n) is 6.21. The number of para-hydroxylation sites is 2. The number of benzene rings is 2. The number of hydrogen-bond acceptors (Lipinski definition) is 4. The van der Waals surface area contributed by atoms with E-state index in [1.165, 1.54) is 41.5 Å². The number of nitrogens with zero attached hydrogens (tertiary/aromatic N) is 3. The lowest BCUT2D eigenvalue weighted by Crippen LogP contribution is -2.40. The summed E-state index contributed by atoms with van der Waals surface area (Å²) in [5.74, 6) is -0.0913. The fraction of sp³-hybridized carbons (Fsp3) is 0.400. The molecule has 2 heterocycles. The van der Waals surface area contributed by atoms with Gasteiger partial charge in [-0.15, -0.1) is 0 Å². The highest BCUT2D eigenvalue weighted by molar-refractivity contribution is 5.94. The van der Waals surface area contributed by atoms with E-state index in [1.807, 2.05) is 36.4 Å². The molecular formula is C25H30N4O3. The Morgan fingerprint density at radius 3 is 2.31 bits per heavy atom. The molecule has 0 unspecified atom stereocenters. The third kappa shape index (κ3) is 4.83. The molecule has 1 aromatic heterocycles. The maximum Gasteiger partial charge on any atom is 0.317 e. The average Bonchev–Trinajstić information content (AvgIpc) is 2.84. The molecule has 0 saturated carbocycles. The topological polar surface area (TPSA) is 76.3 Å². The maximum absolute atomic E-state index is 12.6. The second-order valence-corrected chi connectivity index (χ2v) is 8.45. The molecule has 1 N–H and O–H groups in total. The van der Waals surface area contributed by atoms with Gasteiger partial charge in [-0.05, 0) is 68.7 Å². The summed E-state index contributed by atoms with van der Waals surface area (Å²) in [4.78, 5) is 39.9. The van der Waals surface area contributed by atoms with Crippen molar-refractivity contribution in [3.8, 4) is 0 Å². The van der Waals surface area contributed by atoms with Gasteiger partial charge in [0, 0.05) is 19.2 Å². The first-order chi connectivity index (χ1) is 15.5. The predicted octanol–water partition coefficient (Wildman–Crippen LogP) is 2.35. The molecule has 7 heteroatoms. The second kappa shape index (κ2) is 9.96. The molecule has 4 rings (SSSR count). The van der Waals surface area contributed by atoms with E-state index in [2.05, 4.69) is 10.2 Å². The largest absolute Gasteiger partial charge is 0.352 e. The first-order valence-corrected chi connectivity index (χ1v) is 11.3. The normalized spacial score (nSPS) is 14.5. The van der Waals surface area contributed by atoms with E-state index in [-0.39, 0.29) is 12.5 Å². The zero-order valence-electron chi connectivity index (χ0n) is 18.5. The van der Waals surface area contributed by atoms with Gasteiger partial charge in [0.2, 0.25) is 0 Å². The summed E-state index contributed by atoms with van der Waals surface area (Å²) in [5.41, 5.74) is 1.75. The van der Waals surface area contributed by atoms with Gasteiger partial charge in [0.15, 0.2) is 0 Å². The number of carbonyl (C=O) groups excluding carboxylic acids is 1. The van der Waals surface area contributed by atoms with E-state index < -0.39 is 11.1 Å². The number of hydrogen-bond donors (Lipinski definition) is 1. The van der Waals surface area contributed by atoms with Gasteiger partial charge in [-0.25, -0.2) is 0 Å². The van der Waals surface area contributed by atoms with Crippen LogP contribution in [0.1, 0.15) is 41.6 Å². The van der Waals surface area contributed by atoms with E-state index in [4.69, 9.17) is 0 Å². The summed E-state index contributed by atoms with van der Waals surface area (Å²) in [5, 5.41) is 2.99. The van der Waals surface area contributed by atoms with Gasteiger partial charge in [-0.3, -0.25) is 19.0 Å². The lowest BCUT2D eigenvalue weighted by atomic mass is 10.1. The lowest BCUT2D eigenvalue weighted by Gasteiger charge is -2.26. The van der Waals surface area contributed by atoms with Crippen molar-refractivity contribution in [1.82, 2.24) is 19.4 Å². The Balaban J connectivity index is 1.39. The molecule has 1 saturated heterocycles. The Hall–Kier alpha value is -3.19. The van der Waals surface area contributed by atoms with Crippen LogP contribution in [0.3, 0.4) is 0 Å². The summed E-state index contributed by atoms with van der Waals surface area (Å²) < 4.78 is 2.88. The number of amides is 1. The van der Waals surface area contributed by atoms with Gasteiger partial charge in [-0.2, -0.15) is 0 Å². The van der Waals surface area contributed by atoms with Gasteiger partial charge in [0.1, 0.15) is 0 Å². The van der Waals surface area contributed by atoms with Crippen LogP contribution < -0.4 is 16.4 Å². The molecule has 0 radical (unpaired) electrons. The number of likely N-dealkylation sites (tertiary alicyclic amines) is 1. The van der Waals surface area contributed by atoms with Crippen molar-refractivity contribution in [2.45, 2.75) is 32.2 Å². The van der Waals surface area contributed by atoms with Crippen LogP contribution in [0.4, 0.5) is 0 Å². The smallest absolute Gasteiger partial charge is 0.317 e. The van der Waals surface area contributed by atoms with Crippen molar-refractivity contribution in [3.05, 3.63) is 80.4 Å². The van der Waals surface area contributed by atoms with Crippen LogP contribution in [-0.4, -0.2) is 46.1 Å². The Labute approximate surface area is 187 Å². The fourth-order valence-electron chi connectivity index (χ4n) is 4.34. The molecule has 0 atom stereocenters. The quantitative estimate of drug-likeness (QED) is 0.458. The Kier molecular flexibility index (Phi) is 6.85. The molecular weight excluding hydrogens is 404 g/mol. The van der Waals surface area contributed by atoms with Crippen molar-refractivity contribution in [1.29, 1.82) is 0 Å². The number of piperidine rings is 1. The van der Waals surface area contributed by atoms with E-state index in [0.29, 0.717) is 23.1 Å². The fourth-order valence-corrected chi connectivity index (χ4v) is 4.34. The monoisotopic (exact) mass is 434 g/mol. The van der Waals surface area contributed by atoms with Gasteiger partial charge < -0.3 is 14.8 Å². The van der Waals surface area contributed by atoms with Crippen molar-refractivity contribution < 1.29 is 4.79 Å². The Morgan fingerprint density at radius 1 is 0.906 bits per heavy atom. The Morgan fingerprint density at radius 2 is 1.59 bits per heavy atom. The van der Waals surface area contributed by atoms with E-state index in [1.54, 1.807) is 19.2 Å². The summed E-state index contributed by atoms with van der Waals surface area (Å²) in [6.45, 7) is 4.29. The molecule has 7 nitrogen and oxygen atoms in total. The Bertz CT molecular complexity index is 1200. The summed E-state index contributed by atoms with van der Waals surface area (Å²) in [6, 6.07) is 14.6. The molecule has 0 aliphatic carbocycles.